The minimum Gasteiger partial charge on any atom is -0.368 e. The van der Waals surface area contributed by atoms with Gasteiger partial charge in [-0.2, -0.15) is 0 Å². The van der Waals surface area contributed by atoms with Crippen molar-refractivity contribution in [2.75, 3.05) is 31.1 Å². The van der Waals surface area contributed by atoms with E-state index in [1.807, 2.05) is 4.68 Å². The van der Waals surface area contributed by atoms with E-state index in [2.05, 4.69) is 25.3 Å². The van der Waals surface area contributed by atoms with Gasteiger partial charge in [0.15, 0.2) is 5.82 Å². The van der Waals surface area contributed by atoms with E-state index in [-0.39, 0.29) is 5.82 Å². The number of nitrogens with zero attached hydrogens (tertiary/aromatic N) is 6. The first-order valence-corrected chi connectivity index (χ1v) is 8.27. The first-order chi connectivity index (χ1) is 11.2. The van der Waals surface area contributed by atoms with E-state index < -0.39 is 0 Å². The number of hydrogen-bond acceptors (Lipinski definition) is 5. The largest absolute Gasteiger partial charge is 0.368 e. The van der Waals surface area contributed by atoms with Crippen molar-refractivity contribution in [2.45, 2.75) is 25.4 Å². The van der Waals surface area contributed by atoms with Crippen LogP contribution >= 0.6 is 11.6 Å². The van der Waals surface area contributed by atoms with Crippen LogP contribution in [0.15, 0.2) is 18.2 Å². The van der Waals surface area contributed by atoms with Gasteiger partial charge in [0.25, 0.3) is 0 Å². The van der Waals surface area contributed by atoms with Crippen LogP contribution in [0.25, 0.3) is 0 Å². The highest BCUT2D eigenvalue weighted by Crippen LogP contribution is 2.34. The smallest absolute Gasteiger partial charge is 0.165 e. The minimum atomic E-state index is -0.302. The lowest BCUT2D eigenvalue weighted by atomic mass is 10.2. The van der Waals surface area contributed by atoms with Crippen LogP contribution in [-0.4, -0.2) is 51.3 Å². The molecule has 2 aliphatic rings. The molecule has 6 nitrogen and oxygen atoms in total. The molecule has 0 atom stereocenters. The van der Waals surface area contributed by atoms with E-state index in [4.69, 9.17) is 11.6 Å². The lowest BCUT2D eigenvalue weighted by Crippen LogP contribution is -2.46. The fourth-order valence-corrected chi connectivity index (χ4v) is 3.29. The quantitative estimate of drug-likeness (QED) is 0.856. The van der Waals surface area contributed by atoms with Crippen molar-refractivity contribution in [3.8, 4) is 0 Å². The van der Waals surface area contributed by atoms with E-state index in [1.165, 1.54) is 25.0 Å². The first kappa shape index (κ1) is 14.8. The summed E-state index contributed by atoms with van der Waals surface area (Å²) < 4.78 is 15.1. The molecule has 0 amide bonds. The van der Waals surface area contributed by atoms with Crippen molar-refractivity contribution >= 4 is 17.3 Å². The third-order valence-corrected chi connectivity index (χ3v) is 4.74. The van der Waals surface area contributed by atoms with Crippen LogP contribution in [0.3, 0.4) is 0 Å². The zero-order valence-corrected chi connectivity index (χ0v) is 13.5. The van der Waals surface area contributed by atoms with E-state index in [1.54, 1.807) is 6.07 Å². The normalized spacial score (nSPS) is 19.3. The Bertz CT molecular complexity index is 693. The number of anilines is 1. The first-order valence-electron chi connectivity index (χ1n) is 7.90. The van der Waals surface area contributed by atoms with Gasteiger partial charge in [-0.15, -0.1) is 5.10 Å². The number of benzene rings is 1. The molecule has 23 heavy (non-hydrogen) atoms. The predicted octanol–water partition coefficient (Wildman–Crippen LogP) is 2.12. The van der Waals surface area contributed by atoms with Gasteiger partial charge in [-0.05, 0) is 41.5 Å². The van der Waals surface area contributed by atoms with E-state index in [9.17, 15) is 4.39 Å². The molecule has 1 aromatic carbocycles. The van der Waals surface area contributed by atoms with E-state index >= 15 is 0 Å². The molecule has 8 heteroatoms. The van der Waals surface area contributed by atoms with Crippen LogP contribution in [0.1, 0.15) is 24.7 Å². The van der Waals surface area contributed by atoms with Crippen LogP contribution in [0, 0.1) is 5.82 Å². The summed E-state index contributed by atoms with van der Waals surface area (Å²) in [5.74, 6) is 0.644. The van der Waals surface area contributed by atoms with Gasteiger partial charge in [-0.1, -0.05) is 11.6 Å². The van der Waals surface area contributed by atoms with Gasteiger partial charge in [-0.3, -0.25) is 4.90 Å². The zero-order chi connectivity index (χ0) is 15.8. The summed E-state index contributed by atoms with van der Waals surface area (Å²) in [5.41, 5.74) is 0.899. The Hall–Kier alpha value is -1.73. The summed E-state index contributed by atoms with van der Waals surface area (Å²) in [4.78, 5) is 4.54. The van der Waals surface area contributed by atoms with Crippen LogP contribution in [-0.2, 0) is 6.54 Å². The number of aromatic nitrogens is 4. The molecule has 0 N–H and O–H groups in total. The van der Waals surface area contributed by atoms with E-state index in [0.29, 0.717) is 11.1 Å². The van der Waals surface area contributed by atoms with Gasteiger partial charge in [0.05, 0.1) is 23.3 Å². The summed E-state index contributed by atoms with van der Waals surface area (Å²) >= 11 is 6.15. The lowest BCUT2D eigenvalue weighted by Gasteiger charge is -2.36. The second-order valence-corrected chi connectivity index (χ2v) is 6.54. The average Bonchev–Trinajstić information content (AvgIpc) is 3.28. The SMILES string of the molecule is Fc1ccc(N2CCN(Cc3nnnn3C3CC3)CC2)c(Cl)c1. The molecule has 0 radical (unpaired) electrons. The summed E-state index contributed by atoms with van der Waals surface area (Å²) in [7, 11) is 0. The number of tetrazole rings is 1. The maximum atomic E-state index is 13.2. The van der Waals surface area contributed by atoms with Gasteiger partial charge in [0, 0.05) is 26.2 Å². The summed E-state index contributed by atoms with van der Waals surface area (Å²) in [6, 6.07) is 5.07. The Morgan fingerprint density at radius 3 is 2.65 bits per heavy atom. The minimum absolute atomic E-state index is 0.302. The molecule has 2 aromatic rings. The van der Waals surface area contributed by atoms with E-state index in [0.717, 1.165) is 44.2 Å². The number of piperazine rings is 1. The predicted molar refractivity (Wildman–Crippen MR) is 85.0 cm³/mol. The van der Waals surface area contributed by atoms with Crippen LogP contribution in [0.2, 0.25) is 5.02 Å². The van der Waals surface area contributed by atoms with Gasteiger partial charge >= 0.3 is 0 Å². The highest BCUT2D eigenvalue weighted by atomic mass is 35.5. The molecule has 0 unspecified atom stereocenters. The Balaban J connectivity index is 1.38. The van der Waals surface area contributed by atoms with Gasteiger partial charge < -0.3 is 4.90 Å². The third kappa shape index (κ3) is 3.16. The molecule has 1 saturated heterocycles. The molecule has 1 aliphatic carbocycles. The zero-order valence-electron chi connectivity index (χ0n) is 12.7. The number of rotatable bonds is 4. The van der Waals surface area contributed by atoms with Crippen molar-refractivity contribution in [3.63, 3.8) is 0 Å². The molecule has 122 valence electrons. The molecular formula is C15H18ClFN6. The molecule has 1 aromatic heterocycles. The third-order valence-electron chi connectivity index (χ3n) is 4.44. The average molecular weight is 337 g/mol. The second kappa shape index (κ2) is 6.05. The highest BCUT2D eigenvalue weighted by molar-refractivity contribution is 6.33. The van der Waals surface area contributed by atoms with Crippen molar-refractivity contribution in [2.24, 2.45) is 0 Å². The molecular weight excluding hydrogens is 319 g/mol. The lowest BCUT2D eigenvalue weighted by molar-refractivity contribution is 0.239. The van der Waals surface area contributed by atoms with Crippen molar-refractivity contribution in [3.05, 3.63) is 34.9 Å². The molecule has 0 bridgehead atoms. The Labute approximate surface area is 138 Å². The summed E-state index contributed by atoms with van der Waals surface area (Å²) in [6.45, 7) is 4.30. The summed E-state index contributed by atoms with van der Waals surface area (Å²) in [5, 5.41) is 12.5. The second-order valence-electron chi connectivity index (χ2n) is 6.13. The summed E-state index contributed by atoms with van der Waals surface area (Å²) in [6.07, 6.45) is 2.35. The Kier molecular flexibility index (Phi) is 3.90. The fourth-order valence-electron chi connectivity index (χ4n) is 3.00. The topological polar surface area (TPSA) is 50.1 Å². The van der Waals surface area contributed by atoms with Gasteiger partial charge in [0.2, 0.25) is 0 Å². The van der Waals surface area contributed by atoms with Gasteiger partial charge in [0.1, 0.15) is 5.82 Å². The molecule has 1 saturated carbocycles. The maximum absolute atomic E-state index is 13.2. The van der Waals surface area contributed by atoms with Gasteiger partial charge in [-0.25, -0.2) is 9.07 Å². The molecule has 0 spiro atoms. The molecule has 1 aliphatic heterocycles. The number of hydrogen-bond donors (Lipinski definition) is 0. The molecule has 2 fully saturated rings. The monoisotopic (exact) mass is 336 g/mol. The van der Waals surface area contributed by atoms with Crippen molar-refractivity contribution in [1.29, 1.82) is 0 Å². The van der Waals surface area contributed by atoms with Crippen LogP contribution in [0.5, 0.6) is 0 Å². The molecule has 4 rings (SSSR count). The number of halogens is 2. The Morgan fingerprint density at radius 2 is 1.96 bits per heavy atom. The Morgan fingerprint density at radius 1 is 1.17 bits per heavy atom. The van der Waals surface area contributed by atoms with Crippen LogP contribution < -0.4 is 4.90 Å². The van der Waals surface area contributed by atoms with Crippen molar-refractivity contribution in [1.82, 2.24) is 25.1 Å². The van der Waals surface area contributed by atoms with Crippen molar-refractivity contribution < 1.29 is 4.39 Å². The molecule has 2 heterocycles. The fraction of sp³-hybridized carbons (Fsp3) is 0.533. The van der Waals surface area contributed by atoms with Crippen LogP contribution in [0.4, 0.5) is 10.1 Å². The standard InChI is InChI=1S/C15H18ClFN6/c16-13-9-11(17)1-4-14(13)22-7-5-21(6-8-22)10-15-18-19-20-23(15)12-2-3-12/h1,4,9,12H,2-3,5-8,10H2. The maximum Gasteiger partial charge on any atom is 0.165 e. The highest BCUT2D eigenvalue weighted by Gasteiger charge is 2.29.